The second-order valence-corrected chi connectivity index (χ2v) is 7.69. The van der Waals surface area contributed by atoms with Crippen LogP contribution in [0.4, 0.5) is 0 Å². The Hall–Kier alpha value is -1.75. The van der Waals surface area contributed by atoms with E-state index in [0.29, 0.717) is 24.7 Å². The Balaban J connectivity index is 0.00000341. The second-order valence-electron chi connectivity index (χ2n) is 7.28. The summed E-state index contributed by atoms with van der Waals surface area (Å²) in [5.41, 5.74) is 1.07. The first-order chi connectivity index (χ1) is 14.6. The number of guanidine groups is 1. The van der Waals surface area contributed by atoms with Gasteiger partial charge in [0.15, 0.2) is 5.96 Å². The molecule has 2 heterocycles. The molecule has 1 aliphatic heterocycles. The van der Waals surface area contributed by atoms with Crippen LogP contribution >= 0.6 is 35.6 Å². The van der Waals surface area contributed by atoms with Crippen LogP contribution in [0.25, 0.3) is 0 Å². The van der Waals surface area contributed by atoms with Gasteiger partial charge in [-0.3, -0.25) is 9.56 Å². The summed E-state index contributed by atoms with van der Waals surface area (Å²) in [6.07, 6.45) is 4.61. The van der Waals surface area contributed by atoms with Crippen LogP contribution in [-0.4, -0.2) is 47.1 Å². The molecular formula is C21H32ClIN6O2. The fourth-order valence-corrected chi connectivity index (χ4v) is 3.79. The molecule has 0 atom stereocenters. The third-order valence-corrected chi connectivity index (χ3v) is 5.47. The van der Waals surface area contributed by atoms with Gasteiger partial charge in [0.2, 0.25) is 0 Å². The molecule has 10 heteroatoms. The molecule has 8 nitrogen and oxygen atoms in total. The van der Waals surface area contributed by atoms with E-state index in [1.165, 1.54) is 0 Å². The normalized spacial score (nSPS) is 13.3. The molecule has 172 valence electrons. The van der Waals surface area contributed by atoms with Crippen LogP contribution in [-0.2, 0) is 25.9 Å². The van der Waals surface area contributed by atoms with Gasteiger partial charge in [0.1, 0.15) is 11.6 Å². The fourth-order valence-electron chi connectivity index (χ4n) is 3.52. The number of methoxy groups -OCH3 is 1. The van der Waals surface area contributed by atoms with E-state index >= 15 is 0 Å². The highest BCUT2D eigenvalue weighted by atomic mass is 127. The van der Waals surface area contributed by atoms with Crippen molar-refractivity contribution in [2.24, 2.45) is 4.99 Å². The Labute approximate surface area is 205 Å². The molecule has 0 aliphatic carbocycles. The van der Waals surface area contributed by atoms with Crippen LogP contribution in [0.2, 0.25) is 5.02 Å². The van der Waals surface area contributed by atoms with Gasteiger partial charge in [-0.15, -0.1) is 24.0 Å². The van der Waals surface area contributed by atoms with Gasteiger partial charge in [0.05, 0.1) is 7.11 Å². The van der Waals surface area contributed by atoms with Gasteiger partial charge >= 0.3 is 5.69 Å². The molecule has 0 bridgehead atoms. The van der Waals surface area contributed by atoms with Crippen molar-refractivity contribution in [3.63, 3.8) is 0 Å². The maximum atomic E-state index is 12.4. The van der Waals surface area contributed by atoms with Crippen molar-refractivity contribution in [2.45, 2.75) is 52.1 Å². The van der Waals surface area contributed by atoms with Crippen molar-refractivity contribution in [1.82, 2.24) is 25.0 Å². The lowest BCUT2D eigenvalue weighted by atomic mass is 10.1. The molecule has 0 saturated carbocycles. The maximum Gasteiger partial charge on any atom is 0.345 e. The number of aliphatic imine (C=N–C) groups is 1. The van der Waals surface area contributed by atoms with Gasteiger partial charge in [-0.05, 0) is 50.3 Å². The first-order valence-electron chi connectivity index (χ1n) is 10.6. The summed E-state index contributed by atoms with van der Waals surface area (Å²) < 4.78 is 8.58. The van der Waals surface area contributed by atoms with Gasteiger partial charge in [-0.25, -0.2) is 9.48 Å². The van der Waals surface area contributed by atoms with Crippen molar-refractivity contribution in [2.75, 3.05) is 26.7 Å². The van der Waals surface area contributed by atoms with E-state index in [0.717, 1.165) is 68.3 Å². The van der Waals surface area contributed by atoms with Gasteiger partial charge < -0.3 is 15.4 Å². The Morgan fingerprint density at radius 3 is 2.87 bits per heavy atom. The number of ether oxygens (including phenoxy) is 1. The Bertz CT molecular complexity index is 927. The molecular weight excluding hydrogens is 531 g/mol. The number of hydrogen-bond acceptors (Lipinski definition) is 4. The number of fused-ring (bicyclic) bond motifs is 1. The third kappa shape index (κ3) is 7.13. The van der Waals surface area contributed by atoms with Crippen LogP contribution in [0.1, 0.15) is 37.6 Å². The quantitative estimate of drug-likeness (QED) is 0.213. The molecule has 1 aromatic carbocycles. The maximum absolute atomic E-state index is 12.4. The number of aromatic nitrogens is 3. The summed E-state index contributed by atoms with van der Waals surface area (Å²) in [6, 6.07) is 5.72. The third-order valence-electron chi connectivity index (χ3n) is 5.12. The SMILES string of the molecule is CCNC(=NCCCn1nc2n(c1=O)CCCC2)NCCc1ccc(OC)cc1Cl.I. The first kappa shape index (κ1) is 25.5. The van der Waals surface area contributed by atoms with Gasteiger partial charge in [-0.1, -0.05) is 17.7 Å². The fraction of sp³-hybridized carbons (Fsp3) is 0.571. The summed E-state index contributed by atoms with van der Waals surface area (Å²) in [7, 11) is 1.63. The van der Waals surface area contributed by atoms with Crippen molar-refractivity contribution in [3.05, 3.63) is 45.1 Å². The van der Waals surface area contributed by atoms with Crippen molar-refractivity contribution in [3.8, 4) is 5.75 Å². The van der Waals surface area contributed by atoms with E-state index in [-0.39, 0.29) is 29.7 Å². The zero-order valence-electron chi connectivity index (χ0n) is 18.2. The van der Waals surface area contributed by atoms with Crippen molar-refractivity contribution in [1.29, 1.82) is 0 Å². The summed E-state index contributed by atoms with van der Waals surface area (Å²) in [6.45, 7) is 5.52. The second kappa shape index (κ2) is 12.9. The molecule has 2 aromatic rings. The standard InChI is InChI=1S/C21H31ClN6O2.HI/c1-3-23-20(25-12-10-16-8-9-17(30-2)15-18(16)22)24-11-6-14-28-21(29)27-13-5-4-7-19(27)26-28;/h8-9,15H,3-7,10-14H2,1-2H3,(H2,23,24,25);1H. The molecule has 1 aliphatic rings. The minimum absolute atomic E-state index is 0. The number of nitrogens with one attached hydrogen (secondary N) is 2. The molecule has 0 amide bonds. The molecule has 0 radical (unpaired) electrons. The first-order valence-corrected chi connectivity index (χ1v) is 11.0. The predicted molar refractivity (Wildman–Crippen MR) is 135 cm³/mol. The number of rotatable bonds is 9. The van der Waals surface area contributed by atoms with E-state index in [1.54, 1.807) is 11.8 Å². The molecule has 1 aromatic heterocycles. The van der Waals surface area contributed by atoms with Gasteiger partial charge in [-0.2, -0.15) is 5.10 Å². The molecule has 0 saturated heterocycles. The number of nitrogens with zero attached hydrogens (tertiary/aromatic N) is 4. The van der Waals surface area contributed by atoms with Crippen LogP contribution < -0.4 is 21.1 Å². The lowest BCUT2D eigenvalue weighted by molar-refractivity contribution is 0.414. The number of hydrogen-bond donors (Lipinski definition) is 2. The van der Waals surface area contributed by atoms with E-state index in [2.05, 4.69) is 20.7 Å². The predicted octanol–water partition coefficient (Wildman–Crippen LogP) is 2.85. The highest BCUT2D eigenvalue weighted by Crippen LogP contribution is 2.22. The minimum atomic E-state index is 0. The zero-order chi connectivity index (χ0) is 21.3. The molecule has 0 unspecified atom stereocenters. The Morgan fingerprint density at radius 1 is 1.32 bits per heavy atom. The smallest absolute Gasteiger partial charge is 0.345 e. The average Bonchev–Trinajstić information content (AvgIpc) is 3.08. The summed E-state index contributed by atoms with van der Waals surface area (Å²) >= 11 is 6.31. The summed E-state index contributed by atoms with van der Waals surface area (Å²) in [5, 5.41) is 11.8. The number of halogens is 2. The van der Waals surface area contributed by atoms with Crippen molar-refractivity contribution < 1.29 is 4.74 Å². The van der Waals surface area contributed by atoms with E-state index in [4.69, 9.17) is 16.3 Å². The van der Waals surface area contributed by atoms with Crippen LogP contribution in [0, 0.1) is 0 Å². The molecule has 0 fully saturated rings. The lowest BCUT2D eigenvalue weighted by Crippen LogP contribution is -2.38. The summed E-state index contributed by atoms with van der Waals surface area (Å²) in [5.74, 6) is 2.44. The highest BCUT2D eigenvalue weighted by molar-refractivity contribution is 14.0. The zero-order valence-corrected chi connectivity index (χ0v) is 21.3. The largest absolute Gasteiger partial charge is 0.497 e. The molecule has 0 spiro atoms. The Kier molecular flexibility index (Phi) is 10.7. The molecule has 3 rings (SSSR count). The van der Waals surface area contributed by atoms with Gasteiger partial charge in [0, 0.05) is 44.2 Å². The van der Waals surface area contributed by atoms with E-state index in [1.807, 2.05) is 29.7 Å². The van der Waals surface area contributed by atoms with E-state index in [9.17, 15) is 4.79 Å². The Morgan fingerprint density at radius 2 is 2.16 bits per heavy atom. The van der Waals surface area contributed by atoms with Crippen LogP contribution in [0.5, 0.6) is 5.75 Å². The highest BCUT2D eigenvalue weighted by Gasteiger charge is 2.16. The summed E-state index contributed by atoms with van der Waals surface area (Å²) in [4.78, 5) is 17.0. The average molecular weight is 563 g/mol. The topological polar surface area (TPSA) is 85.5 Å². The number of benzene rings is 1. The van der Waals surface area contributed by atoms with Crippen molar-refractivity contribution >= 4 is 41.5 Å². The lowest BCUT2D eigenvalue weighted by Gasteiger charge is -2.12. The monoisotopic (exact) mass is 562 g/mol. The van der Waals surface area contributed by atoms with Gasteiger partial charge in [0.25, 0.3) is 0 Å². The van der Waals surface area contributed by atoms with Crippen LogP contribution in [0.3, 0.4) is 0 Å². The molecule has 31 heavy (non-hydrogen) atoms. The molecule has 2 N–H and O–H groups in total. The minimum Gasteiger partial charge on any atom is -0.497 e. The van der Waals surface area contributed by atoms with Crippen LogP contribution in [0.15, 0.2) is 28.0 Å². The number of aryl methyl sites for hydroxylation is 2. The van der Waals surface area contributed by atoms with E-state index < -0.39 is 0 Å².